The predicted octanol–water partition coefficient (Wildman–Crippen LogP) is 2.34. The fourth-order valence-corrected chi connectivity index (χ4v) is 4.18. The minimum atomic E-state index is 0.0283. The van der Waals surface area contributed by atoms with Crippen LogP contribution in [0.15, 0.2) is 35.6 Å². The molecule has 3 heterocycles. The highest BCUT2D eigenvalue weighted by molar-refractivity contribution is 5.80. The van der Waals surface area contributed by atoms with Crippen molar-refractivity contribution in [1.29, 1.82) is 0 Å². The Labute approximate surface area is 173 Å². The number of aliphatic imine (C=N–C) groups is 1. The van der Waals surface area contributed by atoms with Gasteiger partial charge in [0.1, 0.15) is 6.10 Å². The zero-order valence-corrected chi connectivity index (χ0v) is 17.8. The molecule has 4 rings (SSSR count). The summed E-state index contributed by atoms with van der Waals surface area (Å²) in [5, 5.41) is 7.74. The molecule has 1 aromatic carbocycles. The Bertz CT molecular complexity index is 861. The van der Waals surface area contributed by atoms with Crippen LogP contribution >= 0.6 is 0 Å². The van der Waals surface area contributed by atoms with E-state index in [9.17, 15) is 0 Å². The number of morpholine rings is 1. The van der Waals surface area contributed by atoms with Crippen molar-refractivity contribution in [1.82, 2.24) is 20.0 Å². The van der Waals surface area contributed by atoms with Crippen molar-refractivity contribution in [2.45, 2.75) is 32.4 Å². The van der Waals surface area contributed by atoms with Crippen LogP contribution < -0.4 is 10.2 Å². The van der Waals surface area contributed by atoms with E-state index in [0.717, 1.165) is 44.1 Å². The van der Waals surface area contributed by atoms with Crippen molar-refractivity contribution in [2.75, 3.05) is 44.7 Å². The Hall–Kier alpha value is -2.54. The summed E-state index contributed by atoms with van der Waals surface area (Å²) < 4.78 is 7.81. The molecule has 2 aromatic rings. The highest BCUT2D eigenvalue weighted by Gasteiger charge is 2.25. The largest absolute Gasteiger partial charge is 0.374 e. The van der Waals surface area contributed by atoms with Crippen LogP contribution in [0.1, 0.15) is 36.1 Å². The number of aromatic nitrogens is 2. The Morgan fingerprint density at radius 2 is 2.21 bits per heavy atom. The second-order valence-corrected chi connectivity index (χ2v) is 7.91. The quantitative estimate of drug-likeness (QED) is 0.635. The lowest BCUT2D eigenvalue weighted by Gasteiger charge is -2.34. The monoisotopic (exact) mass is 396 g/mol. The summed E-state index contributed by atoms with van der Waals surface area (Å²) in [6, 6.07) is 6.79. The molecule has 2 aliphatic heterocycles. The minimum absolute atomic E-state index is 0.0283. The molecular formula is C22H32N6O. The van der Waals surface area contributed by atoms with Crippen molar-refractivity contribution in [2.24, 2.45) is 12.0 Å². The molecule has 1 atom stereocenters. The number of hydrogen-bond acceptors (Lipinski definition) is 4. The number of rotatable bonds is 4. The predicted molar refractivity (Wildman–Crippen MR) is 116 cm³/mol. The summed E-state index contributed by atoms with van der Waals surface area (Å²) >= 11 is 0. The Kier molecular flexibility index (Phi) is 6.04. The molecular weight excluding hydrogens is 364 g/mol. The van der Waals surface area contributed by atoms with E-state index < -0.39 is 0 Å². The van der Waals surface area contributed by atoms with Gasteiger partial charge < -0.3 is 19.9 Å². The van der Waals surface area contributed by atoms with Crippen LogP contribution in [0.4, 0.5) is 5.69 Å². The molecule has 0 radical (unpaired) electrons. The van der Waals surface area contributed by atoms with Crippen molar-refractivity contribution in [3.05, 3.63) is 47.3 Å². The third-order valence-electron chi connectivity index (χ3n) is 5.70. The zero-order valence-electron chi connectivity index (χ0n) is 17.8. The van der Waals surface area contributed by atoms with Gasteiger partial charge in [0, 0.05) is 51.2 Å². The van der Waals surface area contributed by atoms with E-state index in [0.29, 0.717) is 13.2 Å². The van der Waals surface area contributed by atoms with E-state index in [2.05, 4.69) is 52.4 Å². The summed E-state index contributed by atoms with van der Waals surface area (Å²) in [7, 11) is 4.11. The third-order valence-corrected chi connectivity index (χ3v) is 5.70. The van der Waals surface area contributed by atoms with Gasteiger partial charge in [-0.1, -0.05) is 12.1 Å². The Balaban J connectivity index is 1.47. The van der Waals surface area contributed by atoms with Crippen LogP contribution in [-0.4, -0.2) is 60.5 Å². The van der Waals surface area contributed by atoms with Crippen LogP contribution in [0.3, 0.4) is 0 Å². The van der Waals surface area contributed by atoms with Crippen LogP contribution in [0, 0.1) is 0 Å². The van der Waals surface area contributed by atoms with Gasteiger partial charge in [0.15, 0.2) is 5.96 Å². The number of nitrogens with zero attached hydrogens (tertiary/aromatic N) is 5. The van der Waals surface area contributed by atoms with E-state index in [4.69, 9.17) is 9.73 Å². The van der Waals surface area contributed by atoms with Crippen LogP contribution in [0.25, 0.3) is 0 Å². The maximum Gasteiger partial charge on any atom is 0.194 e. The van der Waals surface area contributed by atoms with Gasteiger partial charge in [-0.15, -0.1) is 0 Å². The molecule has 156 valence electrons. The molecule has 0 spiro atoms. The highest BCUT2D eigenvalue weighted by Crippen LogP contribution is 2.27. The van der Waals surface area contributed by atoms with Gasteiger partial charge in [0.25, 0.3) is 0 Å². The van der Waals surface area contributed by atoms with Crippen molar-refractivity contribution >= 4 is 11.6 Å². The smallest absolute Gasteiger partial charge is 0.194 e. The molecule has 0 saturated carbocycles. The van der Waals surface area contributed by atoms with E-state index in [1.165, 1.54) is 23.2 Å². The topological polar surface area (TPSA) is 57.9 Å². The lowest BCUT2D eigenvalue weighted by molar-refractivity contribution is -0.00805. The number of nitrogens with one attached hydrogen (secondary N) is 1. The van der Waals surface area contributed by atoms with Gasteiger partial charge in [-0.3, -0.25) is 4.68 Å². The summed E-state index contributed by atoms with van der Waals surface area (Å²) in [5.41, 5.74) is 5.20. The fraction of sp³-hybridized carbons (Fsp3) is 0.545. The normalized spacial score (nSPS) is 20.0. The molecule has 1 saturated heterocycles. The second kappa shape index (κ2) is 8.86. The standard InChI is InChI=1S/C22H32N6O/c1-4-23-22(28-10-11-29-21(16-28)19-14-25-27(3)15-19)24-13-17-7-8-20-18(12-17)6-5-9-26(20)2/h7-8,12,14-15,21H,4-6,9-11,13,16H2,1-3H3,(H,23,24). The van der Waals surface area contributed by atoms with Gasteiger partial charge in [0.05, 0.1) is 25.9 Å². The maximum atomic E-state index is 5.99. The molecule has 7 nitrogen and oxygen atoms in total. The first-order chi connectivity index (χ1) is 14.1. The molecule has 1 unspecified atom stereocenters. The molecule has 0 aliphatic carbocycles. The number of benzene rings is 1. The van der Waals surface area contributed by atoms with Crippen LogP contribution in [0.2, 0.25) is 0 Å². The summed E-state index contributed by atoms with van der Waals surface area (Å²) in [6.45, 7) is 7.11. The van der Waals surface area contributed by atoms with Crippen molar-refractivity contribution in [3.8, 4) is 0 Å². The number of ether oxygens (including phenoxy) is 1. The number of anilines is 1. The first-order valence-electron chi connectivity index (χ1n) is 10.6. The number of guanidine groups is 1. The van der Waals surface area contributed by atoms with Gasteiger partial charge >= 0.3 is 0 Å². The number of aryl methyl sites for hydroxylation is 2. The molecule has 1 N–H and O–H groups in total. The lowest BCUT2D eigenvalue weighted by Crippen LogP contribution is -2.48. The van der Waals surface area contributed by atoms with Gasteiger partial charge in [-0.05, 0) is 37.0 Å². The van der Waals surface area contributed by atoms with Crippen LogP contribution in [0.5, 0.6) is 0 Å². The minimum Gasteiger partial charge on any atom is -0.374 e. The molecule has 7 heteroatoms. The maximum absolute atomic E-state index is 5.99. The third kappa shape index (κ3) is 4.56. The average Bonchev–Trinajstić information content (AvgIpc) is 3.18. The molecule has 0 bridgehead atoms. The van der Waals surface area contributed by atoms with Crippen molar-refractivity contribution in [3.63, 3.8) is 0 Å². The van der Waals surface area contributed by atoms with Crippen molar-refractivity contribution < 1.29 is 4.74 Å². The fourth-order valence-electron chi connectivity index (χ4n) is 4.18. The van der Waals surface area contributed by atoms with E-state index in [1.54, 1.807) is 0 Å². The summed E-state index contributed by atoms with van der Waals surface area (Å²) in [4.78, 5) is 9.60. The van der Waals surface area contributed by atoms with Crippen LogP contribution in [-0.2, 0) is 24.8 Å². The molecule has 0 amide bonds. The average molecular weight is 397 g/mol. The van der Waals surface area contributed by atoms with E-state index in [1.807, 2.05) is 24.1 Å². The van der Waals surface area contributed by atoms with Gasteiger partial charge in [-0.2, -0.15) is 5.10 Å². The van der Waals surface area contributed by atoms with E-state index >= 15 is 0 Å². The molecule has 2 aliphatic rings. The number of fused-ring (bicyclic) bond motifs is 1. The Morgan fingerprint density at radius 3 is 3.00 bits per heavy atom. The first-order valence-corrected chi connectivity index (χ1v) is 10.6. The SMILES string of the molecule is CCNC(=NCc1ccc2c(c1)CCCN2C)N1CCOC(c2cnn(C)c2)C1. The summed E-state index contributed by atoms with van der Waals surface area (Å²) in [6.07, 6.45) is 6.33. The molecule has 1 fully saturated rings. The lowest BCUT2D eigenvalue weighted by atomic mass is 10.00. The van der Waals surface area contributed by atoms with E-state index in [-0.39, 0.29) is 6.10 Å². The van der Waals surface area contributed by atoms with Gasteiger partial charge in [0.2, 0.25) is 0 Å². The second-order valence-electron chi connectivity index (χ2n) is 7.91. The molecule has 1 aromatic heterocycles. The summed E-state index contributed by atoms with van der Waals surface area (Å²) in [5.74, 6) is 0.958. The highest BCUT2D eigenvalue weighted by atomic mass is 16.5. The van der Waals surface area contributed by atoms with Gasteiger partial charge in [-0.25, -0.2) is 4.99 Å². The molecule has 29 heavy (non-hydrogen) atoms. The Morgan fingerprint density at radius 1 is 1.31 bits per heavy atom. The number of hydrogen-bond donors (Lipinski definition) is 1. The zero-order chi connectivity index (χ0) is 20.2. The first kappa shape index (κ1) is 19.8.